The summed E-state index contributed by atoms with van der Waals surface area (Å²) < 4.78 is 16.9. The number of unbranched alkanes of at least 4 members (excludes halogenated alkanes) is 34. The van der Waals surface area contributed by atoms with Crippen LogP contribution in [0.1, 0.15) is 316 Å². The number of hydrogen-bond donors (Lipinski definition) is 0. The molecule has 0 aromatic rings. The van der Waals surface area contributed by atoms with Crippen LogP contribution < -0.4 is 0 Å². The van der Waals surface area contributed by atoms with Gasteiger partial charge in [-0.1, -0.05) is 280 Å². The molecule has 422 valence electrons. The lowest BCUT2D eigenvalue weighted by atomic mass is 10.0. The van der Waals surface area contributed by atoms with Crippen LogP contribution in [0.2, 0.25) is 0 Å². The first-order valence-electron chi connectivity index (χ1n) is 31.4. The standard InChI is InChI=1S/C67H118O6/c1-4-7-10-13-16-19-22-24-26-28-30-31-32-33-34-35-37-38-40-42-45-48-51-54-57-60-66(69)72-63-64(62-71-65(68)59-56-53-50-47-44-21-18-15-12-9-6-3)73-67(70)61-58-55-52-49-46-43-41-39-36-29-27-25-23-20-17-14-11-8-5-2/h8,11,17,20,22,24-25,27-28,30,36,39,64H,4-7,9-10,12-16,18-19,21,23,26,29,31-35,37-38,40-63H2,1-3H3/b11-8-,20-17-,24-22-,27-25-,30-28-,39-36-. The van der Waals surface area contributed by atoms with Crippen molar-refractivity contribution < 1.29 is 28.6 Å². The van der Waals surface area contributed by atoms with E-state index in [0.717, 1.165) is 103 Å². The minimum absolute atomic E-state index is 0.0786. The first kappa shape index (κ1) is 69.8. The van der Waals surface area contributed by atoms with Crippen molar-refractivity contribution in [2.75, 3.05) is 13.2 Å². The zero-order valence-corrected chi connectivity index (χ0v) is 48.4. The van der Waals surface area contributed by atoms with E-state index in [2.05, 4.69) is 93.7 Å². The van der Waals surface area contributed by atoms with E-state index in [4.69, 9.17) is 14.2 Å². The van der Waals surface area contributed by atoms with Crippen LogP contribution in [0.3, 0.4) is 0 Å². The SMILES string of the molecule is CC/C=C\C/C=C\C/C=C\C/C=C\CCCCCCCCC(=O)OC(COC(=O)CCCCCCCCCCCCC)COC(=O)CCCCCCCCCCCCCCC/C=C\C/C=C\CCCCCCC. The molecule has 6 heteroatoms. The summed E-state index contributed by atoms with van der Waals surface area (Å²) in [6.45, 7) is 6.53. The molecule has 1 atom stereocenters. The fourth-order valence-corrected chi connectivity index (χ4v) is 9.00. The predicted molar refractivity (Wildman–Crippen MR) is 316 cm³/mol. The molecule has 0 spiro atoms. The fraction of sp³-hybridized carbons (Fsp3) is 0.776. The fourth-order valence-electron chi connectivity index (χ4n) is 9.00. The molecule has 1 unspecified atom stereocenters. The summed E-state index contributed by atoms with van der Waals surface area (Å²) in [6, 6.07) is 0. The van der Waals surface area contributed by atoms with E-state index < -0.39 is 6.10 Å². The molecule has 0 bridgehead atoms. The van der Waals surface area contributed by atoms with Gasteiger partial charge in [0.25, 0.3) is 0 Å². The smallest absolute Gasteiger partial charge is 0.306 e. The summed E-state index contributed by atoms with van der Waals surface area (Å²) in [6.07, 6.45) is 79.1. The average Bonchev–Trinajstić information content (AvgIpc) is 3.39. The van der Waals surface area contributed by atoms with Crippen molar-refractivity contribution in [2.24, 2.45) is 0 Å². The van der Waals surface area contributed by atoms with Crippen molar-refractivity contribution in [3.8, 4) is 0 Å². The van der Waals surface area contributed by atoms with Crippen LogP contribution in [0.25, 0.3) is 0 Å². The monoisotopic (exact) mass is 1020 g/mol. The molecule has 0 aliphatic rings. The molecule has 6 nitrogen and oxygen atoms in total. The maximum absolute atomic E-state index is 12.9. The minimum Gasteiger partial charge on any atom is -0.462 e. The molecule has 0 aliphatic carbocycles. The molecular weight excluding hydrogens is 901 g/mol. The zero-order valence-electron chi connectivity index (χ0n) is 48.4. The molecule has 0 fully saturated rings. The maximum Gasteiger partial charge on any atom is 0.306 e. The molecule has 0 amide bonds. The largest absolute Gasteiger partial charge is 0.462 e. The van der Waals surface area contributed by atoms with E-state index in [1.165, 1.54) is 173 Å². The minimum atomic E-state index is -0.782. The van der Waals surface area contributed by atoms with Gasteiger partial charge in [0.05, 0.1) is 0 Å². The average molecular weight is 1020 g/mol. The summed E-state index contributed by atoms with van der Waals surface area (Å²) in [5, 5.41) is 0. The van der Waals surface area contributed by atoms with Gasteiger partial charge in [-0.2, -0.15) is 0 Å². The van der Waals surface area contributed by atoms with Gasteiger partial charge < -0.3 is 14.2 Å². The molecule has 0 aromatic heterocycles. The number of esters is 3. The quantitative estimate of drug-likeness (QED) is 0.0261. The van der Waals surface area contributed by atoms with Crippen molar-refractivity contribution in [2.45, 2.75) is 322 Å². The van der Waals surface area contributed by atoms with Gasteiger partial charge in [-0.05, 0) is 89.9 Å². The van der Waals surface area contributed by atoms with Crippen LogP contribution >= 0.6 is 0 Å². The Morgan fingerprint density at radius 1 is 0.288 bits per heavy atom. The highest BCUT2D eigenvalue weighted by Gasteiger charge is 2.19. The summed E-state index contributed by atoms with van der Waals surface area (Å²) in [7, 11) is 0. The number of rotatable bonds is 57. The first-order chi connectivity index (χ1) is 36.0. The van der Waals surface area contributed by atoms with E-state index in [0.29, 0.717) is 19.3 Å². The van der Waals surface area contributed by atoms with Gasteiger partial charge in [-0.15, -0.1) is 0 Å². The van der Waals surface area contributed by atoms with Crippen molar-refractivity contribution in [3.05, 3.63) is 72.9 Å². The Labute approximate surface area is 453 Å². The van der Waals surface area contributed by atoms with Gasteiger partial charge in [0.1, 0.15) is 13.2 Å². The molecule has 0 N–H and O–H groups in total. The van der Waals surface area contributed by atoms with Crippen LogP contribution in [-0.4, -0.2) is 37.2 Å². The molecule has 0 radical (unpaired) electrons. The Bertz CT molecular complexity index is 1360. The van der Waals surface area contributed by atoms with Gasteiger partial charge in [0, 0.05) is 19.3 Å². The number of hydrogen-bond acceptors (Lipinski definition) is 6. The molecule has 0 saturated carbocycles. The summed E-state index contributed by atoms with van der Waals surface area (Å²) >= 11 is 0. The van der Waals surface area contributed by atoms with E-state index in [-0.39, 0.29) is 31.1 Å². The van der Waals surface area contributed by atoms with Gasteiger partial charge in [-0.25, -0.2) is 0 Å². The number of carbonyl (C=O) groups is 3. The number of carbonyl (C=O) groups excluding carboxylic acids is 3. The van der Waals surface area contributed by atoms with Crippen molar-refractivity contribution in [1.29, 1.82) is 0 Å². The first-order valence-corrected chi connectivity index (χ1v) is 31.4. The van der Waals surface area contributed by atoms with Gasteiger partial charge in [0.15, 0.2) is 6.10 Å². The Hall–Kier alpha value is -3.15. The lowest BCUT2D eigenvalue weighted by molar-refractivity contribution is -0.167. The molecular formula is C67H118O6. The second-order valence-electron chi connectivity index (χ2n) is 20.9. The molecule has 0 aromatic carbocycles. The van der Waals surface area contributed by atoms with Crippen LogP contribution in [0.5, 0.6) is 0 Å². The third-order valence-electron chi connectivity index (χ3n) is 13.7. The van der Waals surface area contributed by atoms with Crippen LogP contribution in [-0.2, 0) is 28.6 Å². The number of ether oxygens (including phenoxy) is 3. The molecule has 0 aliphatic heterocycles. The highest BCUT2D eigenvalue weighted by molar-refractivity contribution is 5.71. The molecule has 0 saturated heterocycles. The predicted octanol–water partition coefficient (Wildman–Crippen LogP) is 21.3. The van der Waals surface area contributed by atoms with E-state index in [1.54, 1.807) is 0 Å². The Kier molecular flexibility index (Phi) is 58.7. The summed E-state index contributed by atoms with van der Waals surface area (Å²) in [5.41, 5.74) is 0. The highest BCUT2D eigenvalue weighted by atomic mass is 16.6. The lowest BCUT2D eigenvalue weighted by Gasteiger charge is -2.18. The van der Waals surface area contributed by atoms with Crippen LogP contribution in [0, 0.1) is 0 Å². The summed E-state index contributed by atoms with van der Waals surface area (Å²) in [5.74, 6) is -0.881. The van der Waals surface area contributed by atoms with Gasteiger partial charge in [0.2, 0.25) is 0 Å². The van der Waals surface area contributed by atoms with Crippen molar-refractivity contribution >= 4 is 17.9 Å². The van der Waals surface area contributed by atoms with Crippen LogP contribution in [0.15, 0.2) is 72.9 Å². The third kappa shape index (κ3) is 59.6. The third-order valence-corrected chi connectivity index (χ3v) is 13.7. The highest BCUT2D eigenvalue weighted by Crippen LogP contribution is 2.16. The van der Waals surface area contributed by atoms with Gasteiger partial charge in [-0.3, -0.25) is 14.4 Å². The van der Waals surface area contributed by atoms with Gasteiger partial charge >= 0.3 is 17.9 Å². The Balaban J connectivity index is 4.27. The normalized spacial score (nSPS) is 12.5. The van der Waals surface area contributed by atoms with Crippen molar-refractivity contribution in [3.63, 3.8) is 0 Å². The summed E-state index contributed by atoms with van der Waals surface area (Å²) in [4.78, 5) is 38.2. The Morgan fingerprint density at radius 3 is 0.836 bits per heavy atom. The second kappa shape index (κ2) is 61.4. The van der Waals surface area contributed by atoms with E-state index in [1.807, 2.05) is 0 Å². The lowest BCUT2D eigenvalue weighted by Crippen LogP contribution is -2.30. The molecule has 0 heterocycles. The second-order valence-corrected chi connectivity index (χ2v) is 20.9. The van der Waals surface area contributed by atoms with Crippen LogP contribution in [0.4, 0.5) is 0 Å². The van der Waals surface area contributed by atoms with Crippen molar-refractivity contribution in [1.82, 2.24) is 0 Å². The topological polar surface area (TPSA) is 78.9 Å². The molecule has 73 heavy (non-hydrogen) atoms. The van der Waals surface area contributed by atoms with E-state index in [9.17, 15) is 14.4 Å². The zero-order chi connectivity index (χ0) is 52.9. The molecule has 0 rings (SSSR count). The maximum atomic E-state index is 12.9. The Morgan fingerprint density at radius 2 is 0.534 bits per heavy atom. The number of allylic oxidation sites excluding steroid dienone is 12. The van der Waals surface area contributed by atoms with E-state index >= 15 is 0 Å².